The molecule has 1 aliphatic heterocycles. The highest BCUT2D eigenvalue weighted by atomic mass is 35.5. The first-order chi connectivity index (χ1) is 11.7. The average molecular weight is 341 g/mol. The van der Waals surface area contributed by atoms with Gasteiger partial charge in [0.2, 0.25) is 0 Å². The highest BCUT2D eigenvalue weighted by Gasteiger charge is 2.15. The molecule has 1 aliphatic rings. The number of amides is 2. The number of hydrogen-bond acceptors (Lipinski definition) is 3. The molecule has 0 aliphatic carbocycles. The molecule has 6 heteroatoms. The zero-order chi connectivity index (χ0) is 16.9. The van der Waals surface area contributed by atoms with Crippen molar-refractivity contribution in [3.8, 4) is 11.1 Å². The van der Waals surface area contributed by atoms with Crippen LogP contribution in [0.5, 0.6) is 0 Å². The number of aliphatic imine (C=N–C) groups is 1. The second kappa shape index (κ2) is 7.29. The summed E-state index contributed by atoms with van der Waals surface area (Å²) in [5, 5.41) is 3.46. The van der Waals surface area contributed by atoms with Gasteiger partial charge in [0, 0.05) is 29.9 Å². The Bertz CT molecular complexity index is 799. The molecule has 0 atom stereocenters. The molecule has 0 radical (unpaired) electrons. The fourth-order valence-electron chi connectivity index (χ4n) is 2.40. The van der Waals surface area contributed by atoms with Gasteiger partial charge in [0.25, 0.3) is 0 Å². The predicted molar refractivity (Wildman–Crippen MR) is 98.1 cm³/mol. The maximum absolute atomic E-state index is 12.4. The van der Waals surface area contributed by atoms with Gasteiger partial charge in [0.05, 0.1) is 12.0 Å². The molecule has 3 rings (SSSR count). The summed E-state index contributed by atoms with van der Waals surface area (Å²) in [6, 6.07) is 13.1. The lowest BCUT2D eigenvalue weighted by Crippen LogP contribution is -2.35. The number of nitrogens with one attached hydrogen (secondary N) is 1. The van der Waals surface area contributed by atoms with Gasteiger partial charge < -0.3 is 11.1 Å². The van der Waals surface area contributed by atoms with Crippen LogP contribution in [0.25, 0.3) is 11.1 Å². The van der Waals surface area contributed by atoms with E-state index < -0.39 is 0 Å². The van der Waals surface area contributed by atoms with Crippen LogP contribution in [0.15, 0.2) is 59.7 Å². The molecule has 0 aromatic heterocycles. The van der Waals surface area contributed by atoms with Gasteiger partial charge in [-0.15, -0.1) is 0 Å². The summed E-state index contributed by atoms with van der Waals surface area (Å²) in [6.45, 7) is 0.975. The van der Waals surface area contributed by atoms with Gasteiger partial charge in [-0.2, -0.15) is 0 Å². The molecule has 1 heterocycles. The molecule has 24 heavy (non-hydrogen) atoms. The van der Waals surface area contributed by atoms with Crippen LogP contribution in [0.2, 0.25) is 5.02 Å². The maximum Gasteiger partial charge on any atom is 0.327 e. The van der Waals surface area contributed by atoms with Crippen molar-refractivity contribution in [3.63, 3.8) is 0 Å². The largest absolute Gasteiger partial charge is 0.327 e. The Hall–Kier alpha value is -2.63. The Labute approximate surface area is 145 Å². The molecule has 0 saturated heterocycles. The van der Waals surface area contributed by atoms with Crippen molar-refractivity contribution < 1.29 is 4.79 Å². The van der Waals surface area contributed by atoms with Crippen molar-refractivity contribution in [2.24, 2.45) is 10.7 Å². The van der Waals surface area contributed by atoms with Crippen LogP contribution in [0.4, 0.5) is 10.5 Å². The smallest absolute Gasteiger partial charge is 0.326 e. The summed E-state index contributed by atoms with van der Waals surface area (Å²) < 4.78 is 0. The minimum Gasteiger partial charge on any atom is -0.326 e. The predicted octanol–water partition coefficient (Wildman–Crippen LogP) is 3.86. The quantitative estimate of drug-likeness (QED) is 0.890. The van der Waals surface area contributed by atoms with Gasteiger partial charge in [-0.3, -0.25) is 4.90 Å². The first-order valence-electron chi connectivity index (χ1n) is 7.52. The lowest BCUT2D eigenvalue weighted by Gasteiger charge is -2.19. The summed E-state index contributed by atoms with van der Waals surface area (Å²) in [4.78, 5) is 17.8. The Balaban J connectivity index is 1.89. The summed E-state index contributed by atoms with van der Waals surface area (Å²) in [5.74, 6) is 0. The number of benzene rings is 2. The van der Waals surface area contributed by atoms with E-state index in [9.17, 15) is 4.79 Å². The third-order valence-corrected chi connectivity index (χ3v) is 3.92. The standard InChI is InChI=1S/C18H17ClN4O/c19-15-6-7-16(14-4-2-13(11-20)3-5-14)17(10-15)22-18(24)23-9-1-8-21-12-23/h1-8,10,12H,9,11,20H2,(H,22,24). The number of halogens is 1. The minimum absolute atomic E-state index is 0.259. The number of nitrogens with zero attached hydrogens (tertiary/aromatic N) is 2. The highest BCUT2D eigenvalue weighted by Crippen LogP contribution is 2.31. The first kappa shape index (κ1) is 16.2. The molecule has 2 aromatic rings. The molecule has 2 amide bonds. The Kier molecular flexibility index (Phi) is 4.93. The van der Waals surface area contributed by atoms with E-state index in [1.807, 2.05) is 36.4 Å². The second-order valence-electron chi connectivity index (χ2n) is 5.32. The summed E-state index contributed by atoms with van der Waals surface area (Å²) in [5.41, 5.74) is 9.21. The van der Waals surface area contributed by atoms with Crippen molar-refractivity contribution in [2.45, 2.75) is 6.54 Å². The van der Waals surface area contributed by atoms with E-state index in [0.717, 1.165) is 16.7 Å². The van der Waals surface area contributed by atoms with Gasteiger partial charge in [0.15, 0.2) is 0 Å². The number of anilines is 1. The summed E-state index contributed by atoms with van der Waals surface area (Å²) >= 11 is 6.10. The van der Waals surface area contributed by atoms with E-state index >= 15 is 0 Å². The van der Waals surface area contributed by atoms with E-state index in [4.69, 9.17) is 17.3 Å². The molecular weight excluding hydrogens is 324 g/mol. The summed E-state index contributed by atoms with van der Waals surface area (Å²) in [6.07, 6.45) is 4.97. The third kappa shape index (κ3) is 3.64. The number of rotatable bonds is 3. The number of carbonyl (C=O) groups is 1. The molecule has 122 valence electrons. The molecule has 0 bridgehead atoms. The molecule has 0 saturated carbocycles. The van der Waals surface area contributed by atoms with Crippen LogP contribution in [0.1, 0.15) is 5.56 Å². The van der Waals surface area contributed by atoms with Crippen LogP contribution in [-0.2, 0) is 6.54 Å². The van der Waals surface area contributed by atoms with Crippen LogP contribution in [0.3, 0.4) is 0 Å². The van der Waals surface area contributed by atoms with Gasteiger partial charge in [-0.25, -0.2) is 9.79 Å². The lowest BCUT2D eigenvalue weighted by atomic mass is 10.0. The number of nitrogens with two attached hydrogens (primary N) is 1. The highest BCUT2D eigenvalue weighted by molar-refractivity contribution is 6.31. The number of carbonyl (C=O) groups excluding carboxylic acids is 1. The Morgan fingerprint density at radius 2 is 2.04 bits per heavy atom. The van der Waals surface area contributed by atoms with E-state index in [1.165, 1.54) is 11.2 Å². The monoisotopic (exact) mass is 340 g/mol. The second-order valence-corrected chi connectivity index (χ2v) is 5.76. The van der Waals surface area contributed by atoms with Crippen LogP contribution < -0.4 is 11.1 Å². The van der Waals surface area contributed by atoms with E-state index in [2.05, 4.69) is 10.3 Å². The average Bonchev–Trinajstić information content (AvgIpc) is 2.63. The SMILES string of the molecule is NCc1ccc(-c2ccc(Cl)cc2NC(=O)N2C=NC=CC2)cc1. The van der Waals surface area contributed by atoms with Crippen LogP contribution >= 0.6 is 11.6 Å². The van der Waals surface area contributed by atoms with E-state index in [0.29, 0.717) is 23.8 Å². The molecule has 3 N–H and O–H groups in total. The molecule has 0 spiro atoms. The Morgan fingerprint density at radius 1 is 1.25 bits per heavy atom. The lowest BCUT2D eigenvalue weighted by molar-refractivity contribution is 0.237. The summed E-state index contributed by atoms with van der Waals surface area (Å²) in [7, 11) is 0. The van der Waals surface area contributed by atoms with Crippen LogP contribution in [0, 0.1) is 0 Å². The van der Waals surface area contributed by atoms with E-state index in [-0.39, 0.29) is 6.03 Å². The fourth-order valence-corrected chi connectivity index (χ4v) is 2.57. The molecule has 0 fully saturated rings. The van der Waals surface area contributed by atoms with Crippen molar-refractivity contribution in [1.29, 1.82) is 0 Å². The zero-order valence-corrected chi connectivity index (χ0v) is 13.7. The topological polar surface area (TPSA) is 70.7 Å². The molecule has 5 nitrogen and oxygen atoms in total. The first-order valence-corrected chi connectivity index (χ1v) is 7.90. The minimum atomic E-state index is -0.259. The third-order valence-electron chi connectivity index (χ3n) is 3.68. The maximum atomic E-state index is 12.4. The molecular formula is C18H17ClN4O. The normalized spacial score (nSPS) is 13.2. The molecule has 2 aromatic carbocycles. The van der Waals surface area contributed by atoms with Gasteiger partial charge in [-0.1, -0.05) is 41.9 Å². The fraction of sp³-hybridized carbons (Fsp3) is 0.111. The molecule has 0 unspecified atom stereocenters. The van der Waals surface area contributed by atoms with Crippen molar-refractivity contribution in [2.75, 3.05) is 11.9 Å². The zero-order valence-electron chi connectivity index (χ0n) is 12.9. The van der Waals surface area contributed by atoms with Crippen molar-refractivity contribution >= 4 is 29.7 Å². The van der Waals surface area contributed by atoms with Gasteiger partial charge in [0.1, 0.15) is 0 Å². The van der Waals surface area contributed by atoms with Crippen molar-refractivity contribution in [3.05, 3.63) is 65.3 Å². The van der Waals surface area contributed by atoms with E-state index in [1.54, 1.807) is 18.3 Å². The van der Waals surface area contributed by atoms with Crippen LogP contribution in [-0.4, -0.2) is 23.8 Å². The number of urea groups is 1. The van der Waals surface area contributed by atoms with Gasteiger partial charge >= 0.3 is 6.03 Å². The number of hydrogen-bond donors (Lipinski definition) is 2. The van der Waals surface area contributed by atoms with Crippen molar-refractivity contribution in [1.82, 2.24) is 4.90 Å². The Morgan fingerprint density at radius 3 is 2.71 bits per heavy atom. The van der Waals surface area contributed by atoms with Gasteiger partial charge in [-0.05, 0) is 29.3 Å².